The predicted molar refractivity (Wildman–Crippen MR) is 172 cm³/mol. The Hall–Kier alpha value is -4.39. The van der Waals surface area contributed by atoms with E-state index in [2.05, 4.69) is 48.3 Å². The van der Waals surface area contributed by atoms with Crippen molar-refractivity contribution in [3.63, 3.8) is 0 Å². The van der Waals surface area contributed by atoms with Crippen LogP contribution in [0.25, 0.3) is 45.1 Å². The van der Waals surface area contributed by atoms with Crippen LogP contribution in [-0.2, 0) is 13.1 Å². The van der Waals surface area contributed by atoms with Gasteiger partial charge in [0, 0.05) is 25.2 Å². The molecule has 0 amide bonds. The minimum Gasteiger partial charge on any atom is -0.494 e. The molecule has 3 heterocycles. The number of benzene rings is 2. The summed E-state index contributed by atoms with van der Waals surface area (Å²) in [5.41, 5.74) is 5.63. The molecule has 0 aliphatic carbocycles. The molecule has 0 saturated carbocycles. The van der Waals surface area contributed by atoms with Gasteiger partial charge < -0.3 is 18.6 Å². The first-order valence-corrected chi connectivity index (χ1v) is 15.1. The molecule has 0 fully saturated rings. The lowest BCUT2D eigenvalue weighted by molar-refractivity contribution is 0.312. The van der Waals surface area contributed by atoms with Crippen LogP contribution in [0.2, 0.25) is 0 Å². The Labute approximate surface area is 248 Å². The number of unbranched alkanes of at least 4 members (excludes halogenated alkanes) is 2. The molecule has 7 nitrogen and oxygen atoms in total. The maximum absolute atomic E-state index is 5.98. The number of hydrogen-bond acceptors (Lipinski definition) is 5. The molecule has 0 N–H and O–H groups in total. The van der Waals surface area contributed by atoms with Crippen LogP contribution < -0.4 is 9.47 Å². The van der Waals surface area contributed by atoms with Crippen molar-refractivity contribution in [3.05, 3.63) is 79.9 Å². The molecule has 218 valence electrons. The standard InChI is InChI=1S/C35H41N5O2/c1-5-9-11-22-41-26-16-18-32-30(24-26)37-34(39(32)20-7-3)28-14-13-15-29(36-28)35-38-31-25-27(42-23-12-10-6-2)17-19-33(31)40(35)21-8-4/h5-6,13-19,24-25H,1-2,7-12,20-23H2,3-4H3. The zero-order valence-electron chi connectivity index (χ0n) is 24.9. The van der Waals surface area contributed by atoms with E-state index in [1.165, 1.54) is 0 Å². The summed E-state index contributed by atoms with van der Waals surface area (Å²) in [4.78, 5) is 15.2. The maximum Gasteiger partial charge on any atom is 0.159 e. The first-order chi connectivity index (χ1) is 20.7. The van der Waals surface area contributed by atoms with Crippen LogP contribution in [0.5, 0.6) is 11.5 Å². The number of imidazole rings is 2. The summed E-state index contributed by atoms with van der Waals surface area (Å²) in [6, 6.07) is 18.4. The van der Waals surface area contributed by atoms with Gasteiger partial charge >= 0.3 is 0 Å². The first-order valence-electron chi connectivity index (χ1n) is 15.1. The fourth-order valence-electron chi connectivity index (χ4n) is 5.21. The number of aromatic nitrogens is 5. The van der Waals surface area contributed by atoms with Gasteiger partial charge in [-0.2, -0.15) is 0 Å². The van der Waals surface area contributed by atoms with E-state index in [-0.39, 0.29) is 0 Å². The lowest BCUT2D eigenvalue weighted by Gasteiger charge is -2.10. The molecule has 5 rings (SSSR count). The highest BCUT2D eigenvalue weighted by Gasteiger charge is 2.18. The van der Waals surface area contributed by atoms with E-state index in [9.17, 15) is 0 Å². The Morgan fingerprint density at radius 1 is 0.667 bits per heavy atom. The molecule has 0 atom stereocenters. The van der Waals surface area contributed by atoms with Gasteiger partial charge in [0.05, 0.1) is 35.3 Å². The lowest BCUT2D eigenvalue weighted by atomic mass is 10.2. The lowest BCUT2D eigenvalue weighted by Crippen LogP contribution is -2.04. The highest BCUT2D eigenvalue weighted by atomic mass is 16.5. The van der Waals surface area contributed by atoms with Crippen LogP contribution in [0, 0.1) is 0 Å². The smallest absolute Gasteiger partial charge is 0.159 e. The summed E-state index contributed by atoms with van der Waals surface area (Å²) in [5, 5.41) is 0. The average Bonchev–Trinajstić information content (AvgIpc) is 3.56. The predicted octanol–water partition coefficient (Wildman–Crippen LogP) is 8.63. The molecular formula is C35H41N5O2. The zero-order chi connectivity index (χ0) is 29.3. The average molecular weight is 564 g/mol. The Balaban J connectivity index is 1.50. The van der Waals surface area contributed by atoms with Gasteiger partial charge in [-0.05, 0) is 74.9 Å². The van der Waals surface area contributed by atoms with Gasteiger partial charge in [0.15, 0.2) is 11.6 Å². The van der Waals surface area contributed by atoms with Crippen molar-refractivity contribution in [2.75, 3.05) is 13.2 Å². The number of pyridine rings is 1. The van der Waals surface area contributed by atoms with E-state index >= 15 is 0 Å². The second-order valence-corrected chi connectivity index (χ2v) is 10.4. The normalized spacial score (nSPS) is 11.3. The Morgan fingerprint density at radius 3 is 1.57 bits per heavy atom. The number of rotatable bonds is 16. The SMILES string of the molecule is C=CCCCOc1ccc2c(c1)nc(-c1cccc(-c3nc4cc(OCCCC=C)ccc4n3CCC)n1)n2CCC. The Bertz CT molecular complexity index is 1550. The van der Waals surface area contributed by atoms with Gasteiger partial charge in [-0.15, -0.1) is 13.2 Å². The third-order valence-corrected chi connectivity index (χ3v) is 7.18. The van der Waals surface area contributed by atoms with Crippen molar-refractivity contribution >= 4 is 22.1 Å². The highest BCUT2D eigenvalue weighted by molar-refractivity contribution is 5.83. The van der Waals surface area contributed by atoms with Crippen LogP contribution in [0.3, 0.4) is 0 Å². The Kier molecular flexibility index (Phi) is 9.70. The number of fused-ring (bicyclic) bond motifs is 2. The number of allylic oxidation sites excluding steroid dienone is 2. The molecule has 3 aromatic heterocycles. The summed E-state index contributed by atoms with van der Waals surface area (Å²) in [5.74, 6) is 3.37. The second-order valence-electron chi connectivity index (χ2n) is 10.4. The molecule has 0 saturated heterocycles. The van der Waals surface area contributed by atoms with Crippen molar-refractivity contribution in [2.45, 2.75) is 65.5 Å². The summed E-state index contributed by atoms with van der Waals surface area (Å²) in [7, 11) is 0. The second kappa shape index (κ2) is 14.0. The van der Waals surface area contributed by atoms with Crippen LogP contribution >= 0.6 is 0 Å². The van der Waals surface area contributed by atoms with Crippen molar-refractivity contribution in [1.29, 1.82) is 0 Å². The molecule has 0 bridgehead atoms. The van der Waals surface area contributed by atoms with Crippen molar-refractivity contribution in [1.82, 2.24) is 24.1 Å². The van der Waals surface area contributed by atoms with E-state index in [4.69, 9.17) is 24.4 Å². The fourth-order valence-corrected chi connectivity index (χ4v) is 5.21. The number of ether oxygens (including phenoxy) is 2. The van der Waals surface area contributed by atoms with E-state index < -0.39 is 0 Å². The summed E-state index contributed by atoms with van der Waals surface area (Å²) < 4.78 is 16.5. The number of nitrogens with zero attached hydrogens (tertiary/aromatic N) is 5. The third-order valence-electron chi connectivity index (χ3n) is 7.18. The molecule has 0 aliphatic rings. The molecule has 42 heavy (non-hydrogen) atoms. The minimum absolute atomic E-state index is 0.658. The van der Waals surface area contributed by atoms with Crippen molar-refractivity contribution < 1.29 is 9.47 Å². The van der Waals surface area contributed by atoms with E-state index in [0.717, 1.165) is 108 Å². The number of hydrogen-bond donors (Lipinski definition) is 0. The van der Waals surface area contributed by atoms with Gasteiger partial charge in [0.25, 0.3) is 0 Å². The van der Waals surface area contributed by atoms with Crippen molar-refractivity contribution in [3.8, 4) is 34.5 Å². The van der Waals surface area contributed by atoms with E-state index in [1.807, 2.05) is 54.6 Å². The van der Waals surface area contributed by atoms with Gasteiger partial charge in [-0.3, -0.25) is 0 Å². The van der Waals surface area contributed by atoms with E-state index in [1.54, 1.807) is 0 Å². The summed E-state index contributed by atoms with van der Waals surface area (Å²) in [6.07, 6.45) is 9.59. The topological polar surface area (TPSA) is 67.0 Å². The third kappa shape index (κ3) is 6.40. The molecule has 0 aliphatic heterocycles. The van der Waals surface area contributed by atoms with Gasteiger partial charge in [0.2, 0.25) is 0 Å². The molecule has 2 aromatic carbocycles. The van der Waals surface area contributed by atoms with Gasteiger partial charge in [0.1, 0.15) is 22.9 Å². The monoisotopic (exact) mass is 563 g/mol. The van der Waals surface area contributed by atoms with Gasteiger partial charge in [-0.1, -0.05) is 32.1 Å². The molecule has 5 aromatic rings. The minimum atomic E-state index is 0.658. The van der Waals surface area contributed by atoms with Crippen LogP contribution in [0.4, 0.5) is 0 Å². The fraction of sp³-hybridized carbons (Fsp3) is 0.343. The molecule has 0 spiro atoms. The molecule has 7 heteroatoms. The quantitative estimate of drug-likeness (QED) is 0.0888. The molecule has 0 unspecified atom stereocenters. The first kappa shape index (κ1) is 29.1. The molecular weight excluding hydrogens is 522 g/mol. The van der Waals surface area contributed by atoms with Gasteiger partial charge in [-0.25, -0.2) is 15.0 Å². The van der Waals surface area contributed by atoms with Crippen LogP contribution in [0.15, 0.2) is 79.9 Å². The Morgan fingerprint density at radius 2 is 1.14 bits per heavy atom. The van der Waals surface area contributed by atoms with Crippen LogP contribution in [-0.4, -0.2) is 37.3 Å². The largest absolute Gasteiger partial charge is 0.494 e. The zero-order valence-corrected chi connectivity index (χ0v) is 24.9. The van der Waals surface area contributed by atoms with Crippen LogP contribution in [0.1, 0.15) is 52.4 Å². The van der Waals surface area contributed by atoms with Crippen molar-refractivity contribution in [2.24, 2.45) is 0 Å². The molecule has 0 radical (unpaired) electrons. The number of aryl methyl sites for hydroxylation is 2. The van der Waals surface area contributed by atoms with E-state index in [0.29, 0.717) is 13.2 Å². The maximum atomic E-state index is 5.98. The summed E-state index contributed by atoms with van der Waals surface area (Å²) in [6.45, 7) is 14.9. The highest BCUT2D eigenvalue weighted by Crippen LogP contribution is 2.31. The summed E-state index contributed by atoms with van der Waals surface area (Å²) >= 11 is 0.